The molecule has 0 radical (unpaired) electrons. The number of fused-ring (bicyclic) bond motifs is 4. The van der Waals surface area contributed by atoms with Gasteiger partial charge in [0.2, 0.25) is 100 Å². The Morgan fingerprint density at radius 2 is 1.09 bits per heavy atom. The summed E-state index contributed by atoms with van der Waals surface area (Å²) in [6.45, 7) is 3.11. The van der Waals surface area contributed by atoms with Crippen molar-refractivity contribution >= 4 is 134 Å². The van der Waals surface area contributed by atoms with E-state index in [0.29, 0.717) is 64.2 Å². The van der Waals surface area contributed by atoms with E-state index in [2.05, 4.69) is 63.1 Å². The molecule has 0 saturated carbocycles. The third-order valence-corrected chi connectivity index (χ3v) is 23.9. The molecule has 42 nitrogen and oxygen atoms in total. The van der Waals surface area contributed by atoms with Gasteiger partial charge >= 0.3 is 0 Å². The number of hydrogen-bond donors (Lipinski definition) is 20. The highest BCUT2D eigenvalue weighted by Crippen LogP contribution is 2.28. The van der Waals surface area contributed by atoms with Crippen molar-refractivity contribution in [1.82, 2.24) is 87.6 Å². The van der Waals surface area contributed by atoms with Crippen LogP contribution in [0.1, 0.15) is 121 Å². The number of thioether (sulfide) groups is 1. The topological polar surface area (TPSA) is 643 Å². The molecule has 24 N–H and O–H groups in total. The lowest BCUT2D eigenvalue weighted by molar-refractivity contribution is -0.147. The Bertz CT molecular complexity index is 4780. The minimum absolute atomic E-state index is 0.0575. The van der Waals surface area contributed by atoms with Gasteiger partial charge in [-0.05, 0) is 94.0 Å². The Hall–Kier alpha value is -12.3. The number of para-hydroxylation sites is 2. The first-order valence-electron chi connectivity index (χ1n) is 42.2. The molecule has 0 aliphatic carbocycles. The zero-order valence-corrected chi connectivity index (χ0v) is 72.9. The second-order valence-corrected chi connectivity index (χ2v) is 33.2. The molecule has 43 heteroatoms. The fraction of sp³-hybridized carbons (Fsp3) is 0.536. The predicted molar refractivity (Wildman–Crippen MR) is 463 cm³/mol. The normalized spacial score (nSPS) is 26.3. The van der Waals surface area contributed by atoms with Gasteiger partial charge in [-0.3, -0.25) is 86.4 Å². The minimum Gasteiger partial charge on any atom is -0.508 e. The van der Waals surface area contributed by atoms with Crippen molar-refractivity contribution in [2.45, 2.75) is 221 Å². The number of rotatable bonds is 22. The minimum atomic E-state index is -1.89. The van der Waals surface area contributed by atoms with Gasteiger partial charge in [0.25, 0.3) is 0 Å². The number of nitrogens with one attached hydrogen (secondary N) is 12. The molecule has 0 bridgehead atoms. The number of aliphatic hydroxyl groups is 3. The van der Waals surface area contributed by atoms with Gasteiger partial charge in [-0.25, -0.2) is 0 Å². The number of phenolic OH excluding ortho intramolecular Hbond substituents is 1. The van der Waals surface area contributed by atoms with Crippen LogP contribution in [0, 0.1) is 0 Å². The largest absolute Gasteiger partial charge is 0.508 e. The number of aromatic nitrogens is 2. The van der Waals surface area contributed by atoms with Crippen LogP contribution >= 0.6 is 11.8 Å². The zero-order chi connectivity index (χ0) is 93.2. The quantitative estimate of drug-likeness (QED) is 0.0308. The number of amides is 17. The number of nitrogens with two attached hydrogens (primary N) is 4. The summed E-state index contributed by atoms with van der Waals surface area (Å²) < 4.78 is 0. The van der Waals surface area contributed by atoms with E-state index in [-0.39, 0.29) is 57.2 Å². The maximum absolute atomic E-state index is 15.6. The van der Waals surface area contributed by atoms with Crippen molar-refractivity contribution < 1.29 is 102 Å². The van der Waals surface area contributed by atoms with Crippen LogP contribution in [0.2, 0.25) is 0 Å². The SMILES string of the molecule is CCCC[C@H]1C(O)N(C)[C@@H](CCCC)C(=O)N[C@@H](C)C(=O)N[C@H](C(=O)NCC(N)=O)CSCC(=O)N[C@@H](Cc2ccc(O)cc2)C(=O)N(C)[C@@H](C)C(=O)N[C@@H](CC(N)=O)C(=O)N2CCC[C@H]2C(=O)N[C@@H](CN)C(=O)N[C@@H](CCC(N)=O)C(=O)N2C[C@H](O)C[C@H]2C(=O)N[C@@H](Cc2c[nH]c3ccccc23)C(=O)N[C@@H](CO)C(=O)N[C@@H](Cc2c[nH]c3ccccc23)C(=O)N1C. The molecule has 0 spiro atoms. The molecule has 692 valence electrons. The van der Waals surface area contributed by atoms with Crippen molar-refractivity contribution in [1.29, 1.82) is 0 Å². The van der Waals surface area contributed by atoms with Gasteiger partial charge in [0.05, 0.1) is 43.5 Å². The molecule has 3 saturated heterocycles. The number of aromatic hydroxyl groups is 1. The molecule has 3 aliphatic rings. The van der Waals surface area contributed by atoms with Gasteiger partial charge in [-0.1, -0.05) is 88.1 Å². The van der Waals surface area contributed by atoms with Gasteiger partial charge in [0.1, 0.15) is 84.5 Å². The van der Waals surface area contributed by atoms with Crippen LogP contribution in [-0.2, 0) is 101 Å². The van der Waals surface area contributed by atoms with Crippen molar-refractivity contribution in [2.75, 3.05) is 65.4 Å². The Kier molecular flexibility index (Phi) is 37.3. The molecule has 2 aromatic heterocycles. The van der Waals surface area contributed by atoms with Crippen molar-refractivity contribution in [3.63, 3.8) is 0 Å². The number of carbonyl (C=O) groups excluding carboxylic acids is 17. The Balaban J connectivity index is 1.16. The first-order valence-corrected chi connectivity index (χ1v) is 43.4. The highest BCUT2D eigenvalue weighted by atomic mass is 32.2. The van der Waals surface area contributed by atoms with E-state index < -0.39 is 261 Å². The number of likely N-dealkylation sites (N-methyl/N-ethyl adjacent to an activating group) is 3. The molecule has 8 rings (SSSR count). The van der Waals surface area contributed by atoms with Gasteiger partial charge in [-0.2, -0.15) is 0 Å². The average molecular weight is 1790 g/mol. The molecular weight excluding hydrogens is 1670 g/mol. The van der Waals surface area contributed by atoms with Crippen LogP contribution < -0.4 is 76.1 Å². The van der Waals surface area contributed by atoms with Crippen LogP contribution in [0.3, 0.4) is 0 Å². The predicted octanol–water partition coefficient (Wildman–Crippen LogP) is -5.17. The van der Waals surface area contributed by atoms with Crippen LogP contribution in [0.25, 0.3) is 21.8 Å². The highest BCUT2D eigenvalue weighted by molar-refractivity contribution is 8.00. The number of benzene rings is 3. The van der Waals surface area contributed by atoms with Gasteiger partial charge in [0, 0.05) is 106 Å². The summed E-state index contributed by atoms with van der Waals surface area (Å²) in [5, 5.41) is 72.1. The number of hydrogen-bond acceptors (Lipinski definition) is 24. The summed E-state index contributed by atoms with van der Waals surface area (Å²) in [6.07, 6.45) is -0.991. The number of carbonyl (C=O) groups is 17. The monoisotopic (exact) mass is 1790 g/mol. The van der Waals surface area contributed by atoms with Crippen molar-refractivity contribution in [3.05, 3.63) is 102 Å². The summed E-state index contributed by atoms with van der Waals surface area (Å²) in [4.78, 5) is 254. The molecule has 127 heavy (non-hydrogen) atoms. The fourth-order valence-corrected chi connectivity index (χ4v) is 16.4. The molecule has 16 atom stereocenters. The first kappa shape index (κ1) is 100. The third-order valence-electron chi connectivity index (χ3n) is 22.9. The molecule has 1 unspecified atom stereocenters. The summed E-state index contributed by atoms with van der Waals surface area (Å²) in [7, 11) is 4.04. The Morgan fingerprint density at radius 1 is 0.543 bits per heavy atom. The fourth-order valence-electron chi connectivity index (χ4n) is 15.6. The summed E-state index contributed by atoms with van der Waals surface area (Å²) in [5.41, 5.74) is 25.4. The van der Waals surface area contributed by atoms with Gasteiger partial charge in [-0.15, -0.1) is 11.8 Å². The molecular formula is C84H119N21O21S. The number of phenols is 1. The second kappa shape index (κ2) is 47.3. The first-order chi connectivity index (χ1) is 60.4. The zero-order valence-electron chi connectivity index (χ0n) is 72.1. The van der Waals surface area contributed by atoms with Crippen LogP contribution in [0.5, 0.6) is 5.75 Å². The van der Waals surface area contributed by atoms with E-state index in [1.807, 2.05) is 13.8 Å². The summed E-state index contributed by atoms with van der Waals surface area (Å²) in [5.74, 6) is -17.7. The summed E-state index contributed by atoms with van der Waals surface area (Å²) in [6, 6.07) is -2.31. The maximum atomic E-state index is 15.6. The maximum Gasteiger partial charge on any atom is 0.246 e. The van der Waals surface area contributed by atoms with Crippen LogP contribution in [0.4, 0.5) is 0 Å². The van der Waals surface area contributed by atoms with E-state index in [9.17, 15) is 78.0 Å². The van der Waals surface area contributed by atoms with Crippen LogP contribution in [-0.4, -0.2) is 318 Å². The number of H-pyrrole nitrogens is 2. The lowest BCUT2D eigenvalue weighted by Gasteiger charge is -2.40. The number of nitrogens with zero attached hydrogens (tertiary/aromatic N) is 5. The highest BCUT2D eigenvalue weighted by Gasteiger charge is 2.46. The van der Waals surface area contributed by atoms with Crippen LogP contribution in [0.15, 0.2) is 85.2 Å². The van der Waals surface area contributed by atoms with E-state index in [4.69, 9.17) is 22.9 Å². The lowest BCUT2D eigenvalue weighted by Crippen LogP contribution is -2.62. The molecule has 3 aromatic carbocycles. The third kappa shape index (κ3) is 27.4. The van der Waals surface area contributed by atoms with E-state index in [0.717, 1.165) is 26.5 Å². The Labute approximate surface area is 737 Å². The van der Waals surface area contributed by atoms with E-state index >= 15 is 24.0 Å². The summed E-state index contributed by atoms with van der Waals surface area (Å²) >= 11 is 0.779. The average Bonchev–Trinajstić information content (AvgIpc) is 1.68. The molecule has 17 amide bonds. The standard InChI is InChI=1S/C84H119N21O21S/c1-8-10-21-63-77(119)92-44(3)71(113)100-62(73(115)91-39-69(88)111)42-127-43-70(112)93-57(31-46-24-26-49(107)27-25-46)80(122)101(5)45(4)72(114)96-59(35-68(87)110)83(125)104-30-16-23-64(104)78(120)98-60(36-85)75(117)94-55(28-29-67(86)109)82(124)105-40-50(108)34-66(105)79(121)95-56(32-47-37-89-53-19-14-12-17-51(47)53)74(116)99-61(41-106)76(118)97-58(33-48-38-90-54-20-15-13-18-52(48)54)81(123)103(7)65(22-11-9-2)84(126)102(63)6/h12-15,17-20,24-27,37-38,44-45,50,55-66,84,89-90,106-108,126H,8-11,16,21-23,28-36,39-43,85H2,1-7H3,(H2,86,109)(H2,87,110)(H2,88,111)(H,91,115)(H,92,119)(H,93,112)(H,94,117)(H,95,121)(H,96,114)(H,97,118)(H,98,120)(H,99,116)(H,100,113)/t44-,45-,50+,55-,56-,57-,58-,59-,60-,61-,62-,63-,64-,65-,66-,84?/m0/s1. The molecule has 5 aromatic rings. The molecule has 3 aliphatic heterocycles. The smallest absolute Gasteiger partial charge is 0.246 e. The number of aliphatic hydroxyl groups excluding tert-OH is 3. The van der Waals surface area contributed by atoms with E-state index in [1.54, 1.807) is 60.9 Å². The van der Waals surface area contributed by atoms with Gasteiger partial charge < -0.3 is 126 Å². The second-order valence-electron chi connectivity index (χ2n) is 32.2. The molecule has 5 heterocycles. The number of unbranched alkanes of at least 4 members (excludes halogenated alkanes) is 2. The van der Waals surface area contributed by atoms with Gasteiger partial charge in [0.15, 0.2) is 0 Å². The lowest BCUT2D eigenvalue weighted by atomic mass is 9.99. The number of primary amides is 3. The van der Waals surface area contributed by atoms with Crippen molar-refractivity contribution in [2.24, 2.45) is 22.9 Å². The van der Waals surface area contributed by atoms with E-state index in [1.165, 1.54) is 69.1 Å². The van der Waals surface area contributed by atoms with Crippen molar-refractivity contribution in [3.8, 4) is 5.75 Å². The molecule has 3 fully saturated rings. The number of aromatic amines is 2. The Morgan fingerprint density at radius 3 is 1.69 bits per heavy atom.